The van der Waals surface area contributed by atoms with Crippen molar-refractivity contribution < 1.29 is 14.7 Å². The molecule has 0 unspecified atom stereocenters. The zero-order chi connectivity index (χ0) is 14.7. The zero-order valence-corrected chi connectivity index (χ0v) is 10.8. The minimum absolute atomic E-state index is 0.0469. The van der Waals surface area contributed by atoms with Gasteiger partial charge in [-0.05, 0) is 24.3 Å². The molecule has 20 heavy (non-hydrogen) atoms. The average Bonchev–Trinajstić information content (AvgIpc) is 2.37. The lowest BCUT2D eigenvalue weighted by Crippen LogP contribution is -2.18. The summed E-state index contributed by atoms with van der Waals surface area (Å²) < 4.78 is 0. The second-order valence-electron chi connectivity index (χ2n) is 3.92. The Morgan fingerprint density at radius 1 is 1.20 bits per heavy atom. The van der Waals surface area contributed by atoms with Gasteiger partial charge in [0.1, 0.15) is 5.69 Å². The molecule has 2 rings (SSSR count). The third-order valence-corrected chi connectivity index (χ3v) is 2.63. The summed E-state index contributed by atoms with van der Waals surface area (Å²) >= 11 is 5.78. The Balaban J connectivity index is 2.28. The van der Waals surface area contributed by atoms with E-state index in [4.69, 9.17) is 16.7 Å². The van der Waals surface area contributed by atoms with Gasteiger partial charge in [-0.15, -0.1) is 0 Å². The molecule has 0 aliphatic carbocycles. The van der Waals surface area contributed by atoms with Crippen LogP contribution in [0.25, 0.3) is 0 Å². The smallest absolute Gasteiger partial charge is 0.335 e. The lowest BCUT2D eigenvalue weighted by atomic mass is 10.2. The number of halogens is 1. The van der Waals surface area contributed by atoms with Gasteiger partial charge in [0.05, 0.1) is 5.56 Å². The molecule has 0 atom stereocenters. The maximum Gasteiger partial charge on any atom is 0.335 e. The van der Waals surface area contributed by atoms with Gasteiger partial charge in [0.2, 0.25) is 5.56 Å². The molecule has 2 aromatic rings. The summed E-state index contributed by atoms with van der Waals surface area (Å²) in [5, 5.41) is 11.5. The van der Waals surface area contributed by atoms with Gasteiger partial charge in [-0.3, -0.25) is 9.59 Å². The number of aromatic carboxylic acids is 1. The van der Waals surface area contributed by atoms with Crippen LogP contribution in [-0.2, 0) is 0 Å². The number of pyridine rings is 1. The molecular weight excluding hydrogens is 284 g/mol. The first kappa shape index (κ1) is 13.8. The van der Waals surface area contributed by atoms with Crippen LogP contribution in [-0.4, -0.2) is 22.0 Å². The van der Waals surface area contributed by atoms with Crippen molar-refractivity contribution in [1.82, 2.24) is 4.98 Å². The summed E-state index contributed by atoms with van der Waals surface area (Å²) in [5.74, 6) is -1.72. The highest BCUT2D eigenvalue weighted by molar-refractivity contribution is 6.31. The minimum atomic E-state index is -1.16. The normalized spacial score (nSPS) is 10.1. The summed E-state index contributed by atoms with van der Waals surface area (Å²) in [6.45, 7) is 0. The van der Waals surface area contributed by atoms with E-state index in [1.54, 1.807) is 0 Å². The monoisotopic (exact) mass is 292 g/mol. The number of hydrogen-bond acceptors (Lipinski definition) is 3. The van der Waals surface area contributed by atoms with E-state index in [1.165, 1.54) is 36.4 Å². The molecule has 3 N–H and O–H groups in total. The van der Waals surface area contributed by atoms with Gasteiger partial charge in [-0.2, -0.15) is 0 Å². The molecule has 102 valence electrons. The second-order valence-corrected chi connectivity index (χ2v) is 4.35. The molecule has 1 amide bonds. The summed E-state index contributed by atoms with van der Waals surface area (Å²) in [4.78, 5) is 36.2. The van der Waals surface area contributed by atoms with Crippen molar-refractivity contribution in [2.24, 2.45) is 0 Å². The second kappa shape index (κ2) is 5.58. The summed E-state index contributed by atoms with van der Waals surface area (Å²) in [6, 6.07) is 8.09. The van der Waals surface area contributed by atoms with Gasteiger partial charge >= 0.3 is 5.97 Å². The van der Waals surface area contributed by atoms with Crippen molar-refractivity contribution in [2.75, 3.05) is 5.32 Å². The first-order valence-corrected chi connectivity index (χ1v) is 5.88. The fourth-order valence-corrected chi connectivity index (χ4v) is 1.80. The number of H-pyrrole nitrogens is 1. The number of carboxylic acid groups (broad SMARTS) is 1. The van der Waals surface area contributed by atoms with E-state index in [2.05, 4.69) is 10.3 Å². The van der Waals surface area contributed by atoms with Crippen molar-refractivity contribution in [1.29, 1.82) is 0 Å². The molecule has 0 radical (unpaired) electrons. The highest BCUT2D eigenvalue weighted by Gasteiger charge is 2.10. The molecule has 6 nitrogen and oxygen atoms in total. The van der Waals surface area contributed by atoms with Crippen molar-refractivity contribution in [3.05, 3.63) is 63.0 Å². The molecular formula is C13H9ClN2O4. The number of rotatable bonds is 3. The fourth-order valence-electron chi connectivity index (χ4n) is 1.56. The summed E-state index contributed by atoms with van der Waals surface area (Å²) in [7, 11) is 0. The Bertz CT molecular complexity index is 739. The zero-order valence-electron chi connectivity index (χ0n) is 10.0. The lowest BCUT2D eigenvalue weighted by Gasteiger charge is -2.06. The summed E-state index contributed by atoms with van der Waals surface area (Å²) in [6.07, 6.45) is 0. The largest absolute Gasteiger partial charge is 0.478 e. The molecule has 0 bridgehead atoms. The molecule has 0 aliphatic rings. The number of aromatic amines is 1. The van der Waals surface area contributed by atoms with E-state index in [9.17, 15) is 14.4 Å². The number of nitrogens with one attached hydrogen (secondary N) is 2. The van der Waals surface area contributed by atoms with Crippen LogP contribution in [0.3, 0.4) is 0 Å². The molecule has 0 saturated heterocycles. The molecule has 1 aromatic heterocycles. The van der Waals surface area contributed by atoms with Crippen molar-refractivity contribution in [3.8, 4) is 0 Å². The Morgan fingerprint density at radius 3 is 2.60 bits per heavy atom. The van der Waals surface area contributed by atoms with Crippen LogP contribution in [0.15, 0.2) is 41.2 Å². The minimum Gasteiger partial charge on any atom is -0.478 e. The van der Waals surface area contributed by atoms with E-state index in [1.807, 2.05) is 0 Å². The van der Waals surface area contributed by atoms with Crippen molar-refractivity contribution in [2.45, 2.75) is 0 Å². The van der Waals surface area contributed by atoms with Crippen molar-refractivity contribution >= 4 is 29.2 Å². The van der Waals surface area contributed by atoms with Gasteiger partial charge in [0, 0.05) is 16.8 Å². The number of carbonyl (C=O) groups is 2. The maximum atomic E-state index is 11.9. The van der Waals surface area contributed by atoms with Gasteiger partial charge in [-0.25, -0.2) is 4.79 Å². The molecule has 0 spiro atoms. The Labute approximate surface area is 118 Å². The van der Waals surface area contributed by atoms with Gasteiger partial charge in [-0.1, -0.05) is 17.7 Å². The molecule has 0 saturated carbocycles. The van der Waals surface area contributed by atoms with E-state index < -0.39 is 17.4 Å². The third kappa shape index (κ3) is 3.24. The number of hydrogen-bond donors (Lipinski definition) is 3. The number of carboxylic acids is 1. The summed E-state index contributed by atoms with van der Waals surface area (Å²) in [5.41, 5.74) is -0.164. The van der Waals surface area contributed by atoms with E-state index >= 15 is 0 Å². The predicted octanol–water partition coefficient (Wildman–Crippen LogP) is 1.98. The van der Waals surface area contributed by atoms with Crippen LogP contribution in [0.1, 0.15) is 20.8 Å². The lowest BCUT2D eigenvalue weighted by molar-refractivity contribution is 0.0696. The van der Waals surface area contributed by atoms with Gasteiger partial charge in [0.15, 0.2) is 0 Å². The predicted molar refractivity (Wildman–Crippen MR) is 73.4 cm³/mol. The number of anilines is 1. The highest BCUT2D eigenvalue weighted by Crippen LogP contribution is 2.19. The van der Waals surface area contributed by atoms with E-state index in [0.717, 1.165) is 0 Å². The van der Waals surface area contributed by atoms with Crippen LogP contribution >= 0.6 is 11.6 Å². The fraction of sp³-hybridized carbons (Fsp3) is 0. The van der Waals surface area contributed by atoms with Crippen molar-refractivity contribution in [3.63, 3.8) is 0 Å². The Hall–Kier alpha value is -2.60. The third-order valence-electron chi connectivity index (χ3n) is 2.42. The SMILES string of the molecule is O=C(O)c1cc(Cl)cc(NC(=O)c2cccc(=O)[nH]2)c1. The first-order chi connectivity index (χ1) is 9.45. The Kier molecular flexibility index (Phi) is 3.86. The number of carbonyl (C=O) groups excluding carboxylic acids is 1. The molecule has 0 fully saturated rings. The number of amides is 1. The molecule has 0 aliphatic heterocycles. The molecule has 1 heterocycles. The Morgan fingerprint density at radius 2 is 1.95 bits per heavy atom. The highest BCUT2D eigenvalue weighted by atomic mass is 35.5. The average molecular weight is 293 g/mol. The van der Waals surface area contributed by atoms with Crippen LogP contribution in [0.5, 0.6) is 0 Å². The van der Waals surface area contributed by atoms with Crippen LogP contribution in [0, 0.1) is 0 Å². The first-order valence-electron chi connectivity index (χ1n) is 5.50. The van der Waals surface area contributed by atoms with E-state index in [0.29, 0.717) is 0 Å². The van der Waals surface area contributed by atoms with Crippen LogP contribution in [0.2, 0.25) is 5.02 Å². The number of aromatic nitrogens is 1. The molecule has 1 aromatic carbocycles. The number of benzene rings is 1. The van der Waals surface area contributed by atoms with E-state index in [-0.39, 0.29) is 22.0 Å². The van der Waals surface area contributed by atoms with Crippen LogP contribution in [0.4, 0.5) is 5.69 Å². The quantitative estimate of drug-likeness (QED) is 0.805. The van der Waals surface area contributed by atoms with Crippen LogP contribution < -0.4 is 10.9 Å². The topological polar surface area (TPSA) is 99.3 Å². The standard InChI is InChI=1S/C13H9ClN2O4/c14-8-4-7(13(19)20)5-9(6-8)15-12(18)10-2-1-3-11(17)16-10/h1-6H,(H,15,18)(H,16,17)(H,19,20). The van der Waals surface area contributed by atoms with Gasteiger partial charge in [0.25, 0.3) is 5.91 Å². The maximum absolute atomic E-state index is 11.9. The molecule has 7 heteroatoms. The van der Waals surface area contributed by atoms with Gasteiger partial charge < -0.3 is 15.4 Å².